The molecule has 1 amide bonds. The zero-order valence-electron chi connectivity index (χ0n) is 11.7. The summed E-state index contributed by atoms with van der Waals surface area (Å²) in [4.78, 5) is 12.9. The van der Waals surface area contributed by atoms with Crippen molar-refractivity contribution in [2.45, 2.75) is 32.2 Å². The Kier molecular flexibility index (Phi) is 6.27. The maximum absolute atomic E-state index is 12.3. The fourth-order valence-electron chi connectivity index (χ4n) is 2.19. The Morgan fingerprint density at radius 1 is 1.38 bits per heavy atom. The van der Waals surface area contributed by atoms with E-state index in [0.29, 0.717) is 9.21 Å². The summed E-state index contributed by atoms with van der Waals surface area (Å²) >= 11 is 10.6. The molecule has 0 spiro atoms. The van der Waals surface area contributed by atoms with E-state index in [2.05, 4.69) is 40.3 Å². The molecule has 1 atom stereocenters. The van der Waals surface area contributed by atoms with Gasteiger partial charge in [-0.3, -0.25) is 4.79 Å². The summed E-state index contributed by atoms with van der Waals surface area (Å²) in [6, 6.07) is 12.1. The molecule has 2 aromatic rings. The lowest BCUT2D eigenvalue weighted by Crippen LogP contribution is -2.36. The molecule has 0 unspecified atom stereocenters. The first-order valence-electron chi connectivity index (χ1n) is 6.89. The summed E-state index contributed by atoms with van der Waals surface area (Å²) in [6.07, 6.45) is 2.84. The molecule has 0 aliphatic rings. The van der Waals surface area contributed by atoms with Crippen molar-refractivity contribution >= 4 is 44.8 Å². The van der Waals surface area contributed by atoms with Gasteiger partial charge in [-0.05, 0) is 40.4 Å². The van der Waals surface area contributed by atoms with E-state index in [1.807, 2.05) is 18.2 Å². The zero-order chi connectivity index (χ0) is 15.2. The SMILES string of the molecule is CCC[C@H](Cc1ccccc1)NC(=O)c1cc(Br)c(Cl)s1. The highest BCUT2D eigenvalue weighted by Gasteiger charge is 2.16. The molecule has 5 heteroatoms. The van der Waals surface area contributed by atoms with E-state index in [9.17, 15) is 4.79 Å². The monoisotopic (exact) mass is 385 g/mol. The van der Waals surface area contributed by atoms with Crippen LogP contribution < -0.4 is 5.32 Å². The van der Waals surface area contributed by atoms with Crippen molar-refractivity contribution in [3.63, 3.8) is 0 Å². The highest BCUT2D eigenvalue weighted by atomic mass is 79.9. The smallest absolute Gasteiger partial charge is 0.261 e. The number of benzene rings is 1. The third-order valence-corrected chi connectivity index (χ3v) is 5.64. The fraction of sp³-hybridized carbons (Fsp3) is 0.312. The van der Waals surface area contributed by atoms with Crippen LogP contribution in [0.1, 0.15) is 35.0 Å². The molecule has 0 aliphatic carbocycles. The Balaban J connectivity index is 2.03. The number of hydrogen-bond donors (Lipinski definition) is 1. The maximum atomic E-state index is 12.3. The van der Waals surface area contributed by atoms with Crippen LogP contribution in [0, 0.1) is 0 Å². The van der Waals surface area contributed by atoms with Crippen LogP contribution in [-0.2, 0) is 6.42 Å². The van der Waals surface area contributed by atoms with Gasteiger partial charge < -0.3 is 5.32 Å². The van der Waals surface area contributed by atoms with E-state index in [-0.39, 0.29) is 11.9 Å². The van der Waals surface area contributed by atoms with Gasteiger partial charge in [-0.2, -0.15) is 0 Å². The number of rotatable bonds is 6. The van der Waals surface area contributed by atoms with Crippen molar-refractivity contribution in [1.29, 1.82) is 0 Å². The second kappa shape index (κ2) is 7.97. The van der Waals surface area contributed by atoms with E-state index >= 15 is 0 Å². The van der Waals surface area contributed by atoms with Gasteiger partial charge in [0.15, 0.2) is 0 Å². The number of halogens is 2. The lowest BCUT2D eigenvalue weighted by atomic mass is 10.0. The van der Waals surface area contributed by atoms with Crippen molar-refractivity contribution in [3.8, 4) is 0 Å². The van der Waals surface area contributed by atoms with Crippen LogP contribution in [0.15, 0.2) is 40.9 Å². The molecule has 0 saturated heterocycles. The standard InChI is InChI=1S/C16H17BrClNOS/c1-2-6-12(9-11-7-4-3-5-8-11)19-16(20)14-10-13(17)15(18)21-14/h3-5,7-8,10,12H,2,6,9H2,1H3,(H,19,20)/t12-/m1/s1. The maximum Gasteiger partial charge on any atom is 0.261 e. The van der Waals surface area contributed by atoms with Crippen LogP contribution in [-0.4, -0.2) is 11.9 Å². The summed E-state index contributed by atoms with van der Waals surface area (Å²) in [7, 11) is 0. The topological polar surface area (TPSA) is 29.1 Å². The van der Waals surface area contributed by atoms with E-state index in [4.69, 9.17) is 11.6 Å². The Bertz CT molecular complexity index is 580. The van der Waals surface area contributed by atoms with Gasteiger partial charge in [0.25, 0.3) is 5.91 Å². The molecule has 112 valence electrons. The van der Waals surface area contributed by atoms with Crippen molar-refractivity contribution in [2.24, 2.45) is 0 Å². The van der Waals surface area contributed by atoms with Crippen LogP contribution in [0.25, 0.3) is 0 Å². The first-order chi connectivity index (χ1) is 10.1. The predicted octanol–water partition coefficient (Wildman–Crippen LogP) is 5.31. The predicted molar refractivity (Wildman–Crippen MR) is 93.3 cm³/mol. The van der Waals surface area contributed by atoms with Crippen LogP contribution in [0.5, 0.6) is 0 Å². The van der Waals surface area contributed by atoms with E-state index in [1.54, 1.807) is 6.07 Å². The van der Waals surface area contributed by atoms with Gasteiger partial charge in [-0.25, -0.2) is 0 Å². The minimum absolute atomic E-state index is 0.0537. The Morgan fingerprint density at radius 3 is 2.67 bits per heavy atom. The fourth-order valence-corrected chi connectivity index (χ4v) is 3.79. The molecule has 1 N–H and O–H groups in total. The summed E-state index contributed by atoms with van der Waals surface area (Å²) in [5, 5.41) is 3.12. The summed E-state index contributed by atoms with van der Waals surface area (Å²) in [5.74, 6) is -0.0537. The Morgan fingerprint density at radius 2 is 2.10 bits per heavy atom. The first-order valence-corrected chi connectivity index (χ1v) is 8.88. The molecule has 0 radical (unpaired) electrons. The van der Waals surface area contributed by atoms with Crippen molar-refractivity contribution in [3.05, 3.63) is 55.6 Å². The molecular formula is C16H17BrClNOS. The third-order valence-electron chi connectivity index (χ3n) is 3.17. The zero-order valence-corrected chi connectivity index (χ0v) is 14.9. The molecule has 2 rings (SSSR count). The van der Waals surface area contributed by atoms with Crippen LogP contribution >= 0.6 is 38.9 Å². The number of carbonyl (C=O) groups excluding carboxylic acids is 1. The minimum Gasteiger partial charge on any atom is -0.348 e. The molecule has 21 heavy (non-hydrogen) atoms. The summed E-state index contributed by atoms with van der Waals surface area (Å²) in [6.45, 7) is 2.13. The van der Waals surface area contributed by atoms with Crippen LogP contribution in [0.3, 0.4) is 0 Å². The van der Waals surface area contributed by atoms with Crippen LogP contribution in [0.4, 0.5) is 0 Å². The second-order valence-electron chi connectivity index (χ2n) is 4.88. The van der Waals surface area contributed by atoms with E-state index < -0.39 is 0 Å². The highest BCUT2D eigenvalue weighted by Crippen LogP contribution is 2.31. The summed E-state index contributed by atoms with van der Waals surface area (Å²) in [5.41, 5.74) is 1.24. The van der Waals surface area contributed by atoms with Gasteiger partial charge >= 0.3 is 0 Å². The number of amides is 1. The van der Waals surface area contributed by atoms with E-state index in [0.717, 1.165) is 23.7 Å². The average molecular weight is 387 g/mol. The van der Waals surface area contributed by atoms with Gasteiger partial charge in [-0.15, -0.1) is 11.3 Å². The average Bonchev–Trinajstić information content (AvgIpc) is 2.80. The lowest BCUT2D eigenvalue weighted by molar-refractivity contribution is 0.0939. The minimum atomic E-state index is -0.0537. The quantitative estimate of drug-likeness (QED) is 0.716. The molecular weight excluding hydrogens is 370 g/mol. The Hall–Kier alpha value is -0.840. The molecule has 0 bridgehead atoms. The lowest BCUT2D eigenvalue weighted by Gasteiger charge is -2.17. The first kappa shape index (κ1) is 16.5. The molecule has 2 nitrogen and oxygen atoms in total. The van der Waals surface area contributed by atoms with E-state index in [1.165, 1.54) is 16.9 Å². The Labute approximate surface area is 142 Å². The van der Waals surface area contributed by atoms with Gasteiger partial charge in [0.1, 0.15) is 4.34 Å². The number of nitrogens with one attached hydrogen (secondary N) is 1. The summed E-state index contributed by atoms with van der Waals surface area (Å²) < 4.78 is 1.38. The molecule has 0 saturated carbocycles. The molecule has 0 fully saturated rings. The highest BCUT2D eigenvalue weighted by molar-refractivity contribution is 9.10. The number of carbonyl (C=O) groups is 1. The normalized spacial score (nSPS) is 12.1. The molecule has 1 aromatic carbocycles. The van der Waals surface area contributed by atoms with Crippen molar-refractivity contribution in [2.75, 3.05) is 0 Å². The van der Waals surface area contributed by atoms with Gasteiger partial charge in [0, 0.05) is 10.5 Å². The van der Waals surface area contributed by atoms with Gasteiger partial charge in [-0.1, -0.05) is 55.3 Å². The third kappa shape index (κ3) is 4.83. The van der Waals surface area contributed by atoms with Crippen LogP contribution in [0.2, 0.25) is 4.34 Å². The molecule has 0 aliphatic heterocycles. The molecule has 1 aromatic heterocycles. The molecule has 1 heterocycles. The number of thiophene rings is 1. The van der Waals surface area contributed by atoms with Crippen molar-refractivity contribution < 1.29 is 4.79 Å². The number of hydrogen-bond acceptors (Lipinski definition) is 2. The second-order valence-corrected chi connectivity index (χ2v) is 7.39. The van der Waals surface area contributed by atoms with Gasteiger partial charge in [0.2, 0.25) is 0 Å². The largest absolute Gasteiger partial charge is 0.348 e. The van der Waals surface area contributed by atoms with Gasteiger partial charge in [0.05, 0.1) is 4.88 Å². The van der Waals surface area contributed by atoms with Crippen molar-refractivity contribution in [1.82, 2.24) is 5.32 Å².